The van der Waals surface area contributed by atoms with Crippen molar-refractivity contribution in [3.05, 3.63) is 53.8 Å². The van der Waals surface area contributed by atoms with Crippen molar-refractivity contribution in [2.75, 3.05) is 17.7 Å². The van der Waals surface area contributed by atoms with Crippen molar-refractivity contribution in [1.82, 2.24) is 0 Å². The van der Waals surface area contributed by atoms with Gasteiger partial charge in [0.1, 0.15) is 5.82 Å². The number of anilines is 3. The predicted molar refractivity (Wildman–Crippen MR) is 75.3 cm³/mol. The highest BCUT2D eigenvalue weighted by molar-refractivity contribution is 6.00. The summed E-state index contributed by atoms with van der Waals surface area (Å²) in [4.78, 5) is 13.3. The van der Waals surface area contributed by atoms with E-state index in [0.29, 0.717) is 11.3 Å². The van der Waals surface area contributed by atoms with Crippen molar-refractivity contribution < 1.29 is 9.18 Å². The lowest BCUT2D eigenvalue weighted by atomic mass is 10.1. The second-order valence-electron chi connectivity index (χ2n) is 4.36. The van der Waals surface area contributed by atoms with E-state index in [9.17, 15) is 9.18 Å². The number of benzene rings is 2. The Bertz CT molecular complexity index is 608. The van der Waals surface area contributed by atoms with Gasteiger partial charge in [0.05, 0.1) is 0 Å². The van der Waals surface area contributed by atoms with E-state index in [1.54, 1.807) is 24.3 Å². The lowest BCUT2D eigenvalue weighted by Crippen LogP contribution is -2.11. The number of ketones is 1. The molecule has 98 valence electrons. The summed E-state index contributed by atoms with van der Waals surface area (Å²) in [6.07, 6.45) is 0. The zero-order chi connectivity index (χ0) is 14.0. The highest BCUT2D eigenvalue weighted by Gasteiger charge is 2.09. The number of halogens is 1. The molecule has 2 rings (SSSR count). The van der Waals surface area contributed by atoms with Crippen LogP contribution in [0.15, 0.2) is 42.5 Å². The first-order valence-electron chi connectivity index (χ1n) is 5.89. The van der Waals surface area contributed by atoms with Crippen LogP contribution in [0.25, 0.3) is 0 Å². The van der Waals surface area contributed by atoms with E-state index in [4.69, 9.17) is 5.73 Å². The molecule has 0 saturated carbocycles. The van der Waals surface area contributed by atoms with E-state index >= 15 is 0 Å². The number of nitrogen functional groups attached to an aromatic ring is 1. The van der Waals surface area contributed by atoms with Gasteiger partial charge in [0.15, 0.2) is 5.78 Å². The number of hydrogen-bond acceptors (Lipinski definition) is 3. The fraction of sp³-hybridized carbons (Fsp3) is 0.133. The second kappa shape index (κ2) is 5.10. The molecule has 2 aromatic rings. The van der Waals surface area contributed by atoms with Crippen LogP contribution in [-0.4, -0.2) is 12.8 Å². The third-order valence-corrected chi connectivity index (χ3v) is 3.02. The average Bonchev–Trinajstić information content (AvgIpc) is 2.39. The van der Waals surface area contributed by atoms with Crippen LogP contribution in [0.3, 0.4) is 0 Å². The maximum Gasteiger partial charge on any atom is 0.161 e. The molecule has 19 heavy (non-hydrogen) atoms. The van der Waals surface area contributed by atoms with Crippen LogP contribution in [0.4, 0.5) is 21.5 Å². The number of Topliss-reactive ketones (excluding diaryl/α,β-unsaturated/α-hetero) is 1. The number of nitrogens with two attached hydrogens (primary N) is 1. The van der Waals surface area contributed by atoms with Crippen LogP contribution in [-0.2, 0) is 0 Å². The minimum atomic E-state index is -0.279. The average molecular weight is 258 g/mol. The van der Waals surface area contributed by atoms with E-state index in [1.807, 2.05) is 18.0 Å². The number of nitrogens with zero attached hydrogens (tertiary/aromatic N) is 1. The molecule has 4 heteroatoms. The summed E-state index contributed by atoms with van der Waals surface area (Å²) in [5.41, 5.74) is 8.37. The van der Waals surface area contributed by atoms with Crippen LogP contribution < -0.4 is 10.6 Å². The number of rotatable bonds is 3. The SMILES string of the molecule is CC(=O)c1cc(N(C)c2ccc(F)cc2)ccc1N. The largest absolute Gasteiger partial charge is 0.398 e. The van der Waals surface area contributed by atoms with Gasteiger partial charge in [0, 0.05) is 29.7 Å². The number of carbonyl (C=O) groups is 1. The molecule has 2 N–H and O–H groups in total. The molecule has 0 aliphatic carbocycles. The number of carbonyl (C=O) groups excluding carboxylic acids is 1. The molecule has 0 aliphatic rings. The van der Waals surface area contributed by atoms with Gasteiger partial charge >= 0.3 is 0 Å². The third kappa shape index (κ3) is 2.73. The maximum atomic E-state index is 12.9. The molecular weight excluding hydrogens is 243 g/mol. The summed E-state index contributed by atoms with van der Waals surface area (Å²) in [6, 6.07) is 11.4. The highest BCUT2D eigenvalue weighted by Crippen LogP contribution is 2.27. The number of hydrogen-bond donors (Lipinski definition) is 1. The van der Waals surface area contributed by atoms with Gasteiger partial charge in [-0.25, -0.2) is 4.39 Å². The van der Waals surface area contributed by atoms with E-state index in [-0.39, 0.29) is 11.6 Å². The van der Waals surface area contributed by atoms with Gasteiger partial charge in [-0.3, -0.25) is 4.79 Å². The van der Waals surface area contributed by atoms with E-state index in [1.165, 1.54) is 19.1 Å². The van der Waals surface area contributed by atoms with Gasteiger partial charge in [-0.1, -0.05) is 0 Å². The highest BCUT2D eigenvalue weighted by atomic mass is 19.1. The van der Waals surface area contributed by atoms with Crippen LogP contribution >= 0.6 is 0 Å². The smallest absolute Gasteiger partial charge is 0.161 e. The molecule has 0 fully saturated rings. The molecule has 0 aromatic heterocycles. The Morgan fingerprint density at radius 3 is 2.26 bits per heavy atom. The Morgan fingerprint density at radius 1 is 1.11 bits per heavy atom. The first-order valence-corrected chi connectivity index (χ1v) is 5.89. The molecule has 0 aliphatic heterocycles. The molecule has 0 bridgehead atoms. The standard InChI is InChI=1S/C15H15FN2O/c1-10(19)14-9-13(7-8-15(14)17)18(2)12-5-3-11(16)4-6-12/h3-9H,17H2,1-2H3. The van der Waals surface area contributed by atoms with Gasteiger partial charge < -0.3 is 10.6 Å². The molecule has 0 atom stereocenters. The van der Waals surface area contributed by atoms with Gasteiger partial charge in [0.25, 0.3) is 0 Å². The topological polar surface area (TPSA) is 46.3 Å². The van der Waals surface area contributed by atoms with Crippen LogP contribution in [0, 0.1) is 5.82 Å². The zero-order valence-corrected chi connectivity index (χ0v) is 10.9. The first-order chi connectivity index (χ1) is 8.99. The van der Waals surface area contributed by atoms with Crippen LogP contribution in [0.1, 0.15) is 17.3 Å². The fourth-order valence-electron chi connectivity index (χ4n) is 1.87. The minimum Gasteiger partial charge on any atom is -0.398 e. The second-order valence-corrected chi connectivity index (χ2v) is 4.36. The van der Waals surface area contributed by atoms with Crippen molar-refractivity contribution in [3.63, 3.8) is 0 Å². The Morgan fingerprint density at radius 2 is 1.68 bits per heavy atom. The summed E-state index contributed by atoms with van der Waals surface area (Å²) in [6.45, 7) is 1.48. The monoisotopic (exact) mass is 258 g/mol. The van der Waals surface area contributed by atoms with Gasteiger partial charge in [-0.05, 0) is 49.4 Å². The molecule has 0 spiro atoms. The van der Waals surface area contributed by atoms with Crippen molar-refractivity contribution in [2.45, 2.75) is 6.92 Å². The summed E-state index contributed by atoms with van der Waals surface area (Å²) in [5.74, 6) is -0.356. The lowest BCUT2D eigenvalue weighted by Gasteiger charge is -2.20. The van der Waals surface area contributed by atoms with Crippen molar-refractivity contribution in [1.29, 1.82) is 0 Å². The van der Waals surface area contributed by atoms with Gasteiger partial charge in [0.2, 0.25) is 0 Å². The Labute approximate surface area is 111 Å². The summed E-state index contributed by atoms with van der Waals surface area (Å²) < 4.78 is 12.9. The normalized spacial score (nSPS) is 10.3. The van der Waals surface area contributed by atoms with E-state index in [0.717, 1.165) is 11.4 Å². The minimum absolute atomic E-state index is 0.0770. The maximum absolute atomic E-state index is 12.9. The van der Waals surface area contributed by atoms with E-state index in [2.05, 4.69) is 0 Å². The molecule has 0 radical (unpaired) electrons. The predicted octanol–water partition coefficient (Wildman–Crippen LogP) is 3.38. The van der Waals surface area contributed by atoms with Crippen molar-refractivity contribution in [3.8, 4) is 0 Å². The molecule has 0 amide bonds. The Hall–Kier alpha value is -2.36. The first kappa shape index (κ1) is 13.1. The molecular formula is C15H15FN2O. The molecule has 3 nitrogen and oxygen atoms in total. The fourth-order valence-corrected chi connectivity index (χ4v) is 1.87. The van der Waals surface area contributed by atoms with Gasteiger partial charge in [-0.2, -0.15) is 0 Å². The molecule has 2 aromatic carbocycles. The van der Waals surface area contributed by atoms with E-state index < -0.39 is 0 Å². The summed E-state index contributed by atoms with van der Waals surface area (Å²) >= 11 is 0. The van der Waals surface area contributed by atoms with Crippen LogP contribution in [0.5, 0.6) is 0 Å². The quantitative estimate of drug-likeness (QED) is 0.678. The van der Waals surface area contributed by atoms with Gasteiger partial charge in [-0.15, -0.1) is 0 Å². The molecule has 0 heterocycles. The Kier molecular flexibility index (Phi) is 3.51. The van der Waals surface area contributed by atoms with Crippen molar-refractivity contribution in [2.24, 2.45) is 0 Å². The molecule has 0 saturated heterocycles. The summed E-state index contributed by atoms with van der Waals surface area (Å²) in [5, 5.41) is 0. The summed E-state index contributed by atoms with van der Waals surface area (Å²) in [7, 11) is 1.85. The lowest BCUT2D eigenvalue weighted by molar-refractivity contribution is 0.101. The van der Waals surface area contributed by atoms with Crippen molar-refractivity contribution >= 4 is 22.8 Å². The molecule has 0 unspecified atom stereocenters. The van der Waals surface area contributed by atoms with Crippen LogP contribution in [0.2, 0.25) is 0 Å². The Balaban J connectivity index is 2.38. The third-order valence-electron chi connectivity index (χ3n) is 3.02. The zero-order valence-electron chi connectivity index (χ0n) is 10.9.